The summed E-state index contributed by atoms with van der Waals surface area (Å²) in [6.45, 7) is 1.56. The first-order valence-corrected chi connectivity index (χ1v) is 4.77. The van der Waals surface area contributed by atoms with E-state index in [0.29, 0.717) is 17.3 Å². The summed E-state index contributed by atoms with van der Waals surface area (Å²) in [5.74, 6) is 0.904. The van der Waals surface area contributed by atoms with Gasteiger partial charge in [-0.25, -0.2) is 0 Å². The Balaban J connectivity index is 2.26. The zero-order valence-corrected chi connectivity index (χ0v) is 7.92. The molecule has 4 heteroatoms. The Morgan fingerprint density at radius 1 is 1.50 bits per heavy atom. The van der Waals surface area contributed by atoms with Gasteiger partial charge in [-0.1, -0.05) is 0 Å². The van der Waals surface area contributed by atoms with E-state index in [-0.39, 0.29) is 0 Å². The van der Waals surface area contributed by atoms with Crippen LogP contribution in [-0.4, -0.2) is 18.2 Å². The molecule has 0 unspecified atom stereocenters. The van der Waals surface area contributed by atoms with Gasteiger partial charge >= 0.3 is 0 Å². The monoisotopic (exact) mass is 191 g/mol. The number of hydrogen-bond donors (Lipinski definition) is 2. The molecule has 1 aromatic heterocycles. The predicted molar refractivity (Wildman–Crippen MR) is 52.7 cm³/mol. The van der Waals surface area contributed by atoms with E-state index in [0.717, 1.165) is 31.6 Å². The fourth-order valence-corrected chi connectivity index (χ4v) is 1.91. The van der Waals surface area contributed by atoms with Crippen LogP contribution in [0.15, 0.2) is 6.20 Å². The van der Waals surface area contributed by atoms with Gasteiger partial charge in [0.15, 0.2) is 0 Å². The van der Waals surface area contributed by atoms with Crippen LogP contribution in [0, 0.1) is 11.3 Å². The SMILES string of the molecule is N#Cc1c(C2CCOCC2)c[nH]c1N. The second-order valence-electron chi connectivity index (χ2n) is 3.53. The molecular formula is C10H13N3O. The van der Waals surface area contributed by atoms with Gasteiger partial charge in [0.05, 0.1) is 5.56 Å². The van der Waals surface area contributed by atoms with Crippen molar-refractivity contribution in [2.45, 2.75) is 18.8 Å². The van der Waals surface area contributed by atoms with Crippen molar-refractivity contribution >= 4 is 5.82 Å². The van der Waals surface area contributed by atoms with E-state index in [1.807, 2.05) is 6.20 Å². The maximum Gasteiger partial charge on any atom is 0.119 e. The van der Waals surface area contributed by atoms with Crippen LogP contribution in [0.2, 0.25) is 0 Å². The van der Waals surface area contributed by atoms with Gasteiger partial charge < -0.3 is 15.5 Å². The molecular weight excluding hydrogens is 178 g/mol. The summed E-state index contributed by atoms with van der Waals surface area (Å²) >= 11 is 0. The smallest absolute Gasteiger partial charge is 0.119 e. The van der Waals surface area contributed by atoms with Crippen LogP contribution in [0.1, 0.15) is 29.9 Å². The number of nitrogens with one attached hydrogen (secondary N) is 1. The van der Waals surface area contributed by atoms with E-state index in [1.165, 1.54) is 0 Å². The second kappa shape index (κ2) is 3.72. The minimum atomic E-state index is 0.423. The molecule has 0 bridgehead atoms. The van der Waals surface area contributed by atoms with Gasteiger partial charge in [-0.05, 0) is 24.3 Å². The Kier molecular flexibility index (Phi) is 2.42. The fourth-order valence-electron chi connectivity index (χ4n) is 1.91. The molecule has 0 radical (unpaired) electrons. The Morgan fingerprint density at radius 3 is 2.86 bits per heavy atom. The van der Waals surface area contributed by atoms with Crippen molar-refractivity contribution in [1.29, 1.82) is 5.26 Å². The van der Waals surface area contributed by atoms with Crippen molar-refractivity contribution in [1.82, 2.24) is 4.98 Å². The summed E-state index contributed by atoms with van der Waals surface area (Å²) in [4.78, 5) is 2.90. The van der Waals surface area contributed by atoms with E-state index in [2.05, 4.69) is 11.1 Å². The molecule has 1 saturated heterocycles. The summed E-state index contributed by atoms with van der Waals surface area (Å²) in [6.07, 6.45) is 3.81. The zero-order chi connectivity index (χ0) is 9.97. The Morgan fingerprint density at radius 2 is 2.21 bits per heavy atom. The van der Waals surface area contributed by atoms with Crippen LogP contribution < -0.4 is 5.73 Å². The maximum atomic E-state index is 8.94. The Hall–Kier alpha value is -1.47. The minimum absolute atomic E-state index is 0.423. The first-order chi connectivity index (χ1) is 6.83. The predicted octanol–water partition coefficient (Wildman–Crippen LogP) is 1.36. The summed E-state index contributed by atoms with van der Waals surface area (Å²) < 4.78 is 5.28. The lowest BCUT2D eigenvalue weighted by Crippen LogP contribution is -2.14. The molecule has 1 fully saturated rings. The normalized spacial score (nSPS) is 17.9. The topological polar surface area (TPSA) is 74.8 Å². The van der Waals surface area contributed by atoms with Gasteiger partial charge in [-0.3, -0.25) is 0 Å². The number of H-pyrrole nitrogens is 1. The standard InChI is InChI=1S/C10H13N3O/c11-5-8-9(6-13-10(8)12)7-1-3-14-4-2-7/h6-7,13H,1-4,12H2. The first-order valence-electron chi connectivity index (χ1n) is 4.77. The Bertz CT molecular complexity index is 358. The third kappa shape index (κ3) is 1.47. The van der Waals surface area contributed by atoms with Gasteiger partial charge in [0, 0.05) is 19.4 Å². The number of nitrogens with two attached hydrogens (primary N) is 1. The fraction of sp³-hybridized carbons (Fsp3) is 0.500. The molecule has 2 heterocycles. The minimum Gasteiger partial charge on any atom is -0.384 e. The number of rotatable bonds is 1. The lowest BCUT2D eigenvalue weighted by atomic mass is 9.91. The summed E-state index contributed by atoms with van der Waals surface area (Å²) in [5.41, 5.74) is 7.31. The number of nitrogens with zero attached hydrogens (tertiary/aromatic N) is 1. The van der Waals surface area contributed by atoms with E-state index < -0.39 is 0 Å². The van der Waals surface area contributed by atoms with Crippen LogP contribution in [0.3, 0.4) is 0 Å². The molecule has 0 aromatic carbocycles. The molecule has 0 saturated carbocycles. The van der Waals surface area contributed by atoms with Crippen molar-refractivity contribution in [3.05, 3.63) is 17.3 Å². The highest BCUT2D eigenvalue weighted by atomic mass is 16.5. The average Bonchev–Trinajstić information content (AvgIpc) is 2.61. The van der Waals surface area contributed by atoms with E-state index in [1.54, 1.807) is 0 Å². The van der Waals surface area contributed by atoms with Crippen LogP contribution in [-0.2, 0) is 4.74 Å². The second-order valence-corrected chi connectivity index (χ2v) is 3.53. The first kappa shape index (κ1) is 9.10. The Labute approximate surface area is 82.7 Å². The quantitative estimate of drug-likeness (QED) is 0.703. The molecule has 14 heavy (non-hydrogen) atoms. The van der Waals surface area contributed by atoms with E-state index >= 15 is 0 Å². The number of ether oxygens (including phenoxy) is 1. The van der Waals surface area contributed by atoms with E-state index in [9.17, 15) is 0 Å². The summed E-state index contributed by atoms with van der Waals surface area (Å²) in [7, 11) is 0. The number of aromatic amines is 1. The van der Waals surface area contributed by atoms with Crippen LogP contribution in [0.5, 0.6) is 0 Å². The van der Waals surface area contributed by atoms with Gasteiger partial charge in [-0.15, -0.1) is 0 Å². The largest absolute Gasteiger partial charge is 0.384 e. The molecule has 3 N–H and O–H groups in total. The van der Waals surface area contributed by atoms with Gasteiger partial charge in [0.25, 0.3) is 0 Å². The van der Waals surface area contributed by atoms with E-state index in [4.69, 9.17) is 15.7 Å². The molecule has 0 spiro atoms. The average molecular weight is 191 g/mol. The van der Waals surface area contributed by atoms with Gasteiger partial charge in [0.2, 0.25) is 0 Å². The molecule has 0 amide bonds. The van der Waals surface area contributed by atoms with Crippen molar-refractivity contribution in [2.24, 2.45) is 0 Å². The third-order valence-electron chi connectivity index (χ3n) is 2.71. The number of hydrogen-bond acceptors (Lipinski definition) is 3. The van der Waals surface area contributed by atoms with Crippen LogP contribution in [0.25, 0.3) is 0 Å². The maximum absolute atomic E-state index is 8.94. The van der Waals surface area contributed by atoms with Crippen molar-refractivity contribution in [2.75, 3.05) is 18.9 Å². The molecule has 0 aliphatic carbocycles. The molecule has 4 nitrogen and oxygen atoms in total. The number of nitrogen functional groups attached to an aromatic ring is 1. The molecule has 0 atom stereocenters. The molecule has 2 rings (SSSR count). The summed E-state index contributed by atoms with van der Waals surface area (Å²) in [5, 5.41) is 8.94. The van der Waals surface area contributed by atoms with Crippen molar-refractivity contribution in [3.63, 3.8) is 0 Å². The third-order valence-corrected chi connectivity index (χ3v) is 2.71. The van der Waals surface area contributed by atoms with Gasteiger partial charge in [0.1, 0.15) is 11.9 Å². The van der Waals surface area contributed by atoms with Crippen LogP contribution >= 0.6 is 0 Å². The highest BCUT2D eigenvalue weighted by molar-refractivity contribution is 5.55. The highest BCUT2D eigenvalue weighted by Gasteiger charge is 2.21. The molecule has 74 valence electrons. The zero-order valence-electron chi connectivity index (χ0n) is 7.92. The molecule has 1 aliphatic heterocycles. The lowest BCUT2D eigenvalue weighted by Gasteiger charge is -2.21. The summed E-state index contributed by atoms with van der Waals surface area (Å²) in [6, 6.07) is 2.14. The van der Waals surface area contributed by atoms with Crippen molar-refractivity contribution < 1.29 is 4.74 Å². The van der Waals surface area contributed by atoms with Gasteiger partial charge in [-0.2, -0.15) is 5.26 Å². The number of anilines is 1. The number of aromatic nitrogens is 1. The molecule has 1 aliphatic rings. The number of nitriles is 1. The highest BCUT2D eigenvalue weighted by Crippen LogP contribution is 2.31. The lowest BCUT2D eigenvalue weighted by molar-refractivity contribution is 0.0853. The van der Waals surface area contributed by atoms with Crippen molar-refractivity contribution in [3.8, 4) is 6.07 Å². The molecule has 1 aromatic rings. The van der Waals surface area contributed by atoms with Crippen LogP contribution in [0.4, 0.5) is 5.82 Å².